The highest BCUT2D eigenvalue weighted by Crippen LogP contribution is 2.39. The van der Waals surface area contributed by atoms with Crippen molar-refractivity contribution in [2.24, 2.45) is 5.10 Å². The van der Waals surface area contributed by atoms with Crippen LogP contribution >= 0.6 is 47.2 Å². The van der Waals surface area contributed by atoms with Gasteiger partial charge in [0.2, 0.25) is 0 Å². The molecule has 0 aromatic heterocycles. The predicted molar refractivity (Wildman–Crippen MR) is 135 cm³/mol. The van der Waals surface area contributed by atoms with Crippen molar-refractivity contribution in [1.82, 2.24) is 10.4 Å². The first kappa shape index (κ1) is 25.1. The molecule has 0 aliphatic carbocycles. The van der Waals surface area contributed by atoms with Gasteiger partial charge in [0.1, 0.15) is 5.71 Å². The molecule has 0 spiro atoms. The molecule has 2 aliphatic heterocycles. The minimum Gasteiger partial charge on any atom is -0.284 e. The first-order valence-corrected chi connectivity index (χ1v) is 11.8. The lowest BCUT2D eigenvalue weighted by molar-refractivity contribution is -0.119. The number of halogens is 4. The Morgan fingerprint density at radius 1 is 0.906 bits per heavy atom. The monoisotopic (exact) mass is 514 g/mol. The first-order valence-electron chi connectivity index (χ1n) is 10.6. The van der Waals surface area contributed by atoms with Crippen LogP contribution in [0.15, 0.2) is 47.6 Å². The average Bonchev–Trinajstić information content (AvgIpc) is 3.15. The number of nitrogens with one attached hydrogen (secondary N) is 1. The maximum absolute atomic E-state index is 13.1. The second kappa shape index (κ2) is 11.6. The summed E-state index contributed by atoms with van der Waals surface area (Å²) >= 11 is 18.6. The van der Waals surface area contributed by atoms with Crippen molar-refractivity contribution in [2.75, 3.05) is 18.1 Å². The second-order valence-corrected chi connectivity index (χ2v) is 9.23. The van der Waals surface area contributed by atoms with Gasteiger partial charge in [-0.2, -0.15) is 5.10 Å². The van der Waals surface area contributed by atoms with Gasteiger partial charge in [-0.05, 0) is 48.7 Å². The maximum Gasteiger partial charge on any atom is 0.281 e. The number of hydrogen-bond donors (Lipinski definition) is 1. The molecule has 4 rings (SSSR count). The Hall–Kier alpha value is -1.50. The van der Waals surface area contributed by atoms with E-state index in [0.717, 1.165) is 31.5 Å². The number of rotatable bonds is 4. The van der Waals surface area contributed by atoms with Crippen LogP contribution in [0.5, 0.6) is 0 Å². The van der Waals surface area contributed by atoms with Gasteiger partial charge in [-0.1, -0.05) is 66.2 Å². The van der Waals surface area contributed by atoms with E-state index in [1.807, 2.05) is 40.3 Å². The van der Waals surface area contributed by atoms with E-state index in [1.54, 1.807) is 12.1 Å². The van der Waals surface area contributed by atoms with Gasteiger partial charge in [-0.3, -0.25) is 15.2 Å². The zero-order chi connectivity index (χ0) is 21.8. The summed E-state index contributed by atoms with van der Waals surface area (Å²) in [5.74, 6) is -0.160. The molecule has 172 valence electrons. The Bertz CT molecular complexity index is 959. The molecule has 0 saturated carbocycles. The molecule has 2 aromatic carbocycles. The standard InChI is InChI=1S/C23H25Cl3N4O.ClH/c24-17-8-6-16(7-9-17)22-15-20(23(31)28-29-12-4-2-1-3-5-13-29)27-30(22)21-11-10-18(25)14-19(21)26;/h6-11,14,22H,1-5,12-13,15H2,(H,28,31);1H/t22-;/m0./s1. The summed E-state index contributed by atoms with van der Waals surface area (Å²) in [6.45, 7) is 1.73. The Balaban J connectivity index is 0.00000289. The molecule has 2 aromatic rings. The summed E-state index contributed by atoms with van der Waals surface area (Å²) in [6.07, 6.45) is 6.33. The van der Waals surface area contributed by atoms with Gasteiger partial charge >= 0.3 is 0 Å². The number of benzene rings is 2. The molecule has 2 heterocycles. The molecule has 1 fully saturated rings. The lowest BCUT2D eigenvalue weighted by Gasteiger charge is -2.25. The van der Waals surface area contributed by atoms with Crippen molar-refractivity contribution in [2.45, 2.75) is 44.6 Å². The number of hydrazine groups is 1. The Kier molecular flexibility index (Phi) is 9.09. The molecule has 5 nitrogen and oxygen atoms in total. The van der Waals surface area contributed by atoms with Gasteiger partial charge < -0.3 is 0 Å². The van der Waals surface area contributed by atoms with E-state index in [4.69, 9.17) is 34.8 Å². The van der Waals surface area contributed by atoms with Crippen LogP contribution in [-0.2, 0) is 4.79 Å². The van der Waals surface area contributed by atoms with Gasteiger partial charge in [0.15, 0.2) is 0 Å². The smallest absolute Gasteiger partial charge is 0.281 e. The number of carbonyl (C=O) groups is 1. The predicted octanol–water partition coefficient (Wildman–Crippen LogP) is 6.67. The lowest BCUT2D eigenvalue weighted by atomic mass is 10.0. The number of hydrazone groups is 1. The van der Waals surface area contributed by atoms with Crippen LogP contribution in [0.25, 0.3) is 0 Å². The molecule has 0 unspecified atom stereocenters. The van der Waals surface area contributed by atoms with E-state index in [0.29, 0.717) is 32.9 Å². The van der Waals surface area contributed by atoms with Gasteiger partial charge in [0.25, 0.3) is 5.91 Å². The summed E-state index contributed by atoms with van der Waals surface area (Å²) in [6, 6.07) is 12.7. The molecule has 0 radical (unpaired) electrons. The highest BCUT2D eigenvalue weighted by molar-refractivity contribution is 6.40. The molecule has 1 saturated heterocycles. The average molecular weight is 516 g/mol. The first-order chi connectivity index (χ1) is 15.0. The third-order valence-corrected chi connectivity index (χ3v) is 6.49. The molecule has 1 N–H and O–H groups in total. The molecule has 9 heteroatoms. The van der Waals surface area contributed by atoms with Crippen LogP contribution in [-0.4, -0.2) is 29.7 Å². The van der Waals surface area contributed by atoms with Crippen molar-refractivity contribution in [3.05, 3.63) is 63.1 Å². The highest BCUT2D eigenvalue weighted by Gasteiger charge is 2.34. The third kappa shape index (κ3) is 6.09. The van der Waals surface area contributed by atoms with E-state index in [2.05, 4.69) is 10.5 Å². The van der Waals surface area contributed by atoms with E-state index < -0.39 is 0 Å². The highest BCUT2D eigenvalue weighted by atomic mass is 35.5. The molecule has 2 aliphatic rings. The van der Waals surface area contributed by atoms with Crippen LogP contribution in [0.1, 0.15) is 50.1 Å². The van der Waals surface area contributed by atoms with Crippen molar-refractivity contribution in [3.63, 3.8) is 0 Å². The summed E-state index contributed by atoms with van der Waals surface area (Å²) < 4.78 is 0. The zero-order valence-corrected chi connectivity index (χ0v) is 20.7. The van der Waals surface area contributed by atoms with Crippen molar-refractivity contribution in [1.29, 1.82) is 0 Å². The number of nitrogens with zero attached hydrogens (tertiary/aromatic N) is 3. The van der Waals surface area contributed by atoms with Crippen LogP contribution < -0.4 is 10.4 Å². The fraction of sp³-hybridized carbons (Fsp3) is 0.391. The van der Waals surface area contributed by atoms with Crippen LogP contribution in [0, 0.1) is 0 Å². The number of carbonyl (C=O) groups excluding carboxylic acids is 1. The SMILES string of the molecule is Cl.O=C(NN1CCCCCCC1)C1=NN(c2ccc(Cl)cc2Cl)[C@H](c2ccc(Cl)cc2)C1. The van der Waals surface area contributed by atoms with Crippen molar-refractivity contribution >= 4 is 64.5 Å². The normalized spacial score (nSPS) is 19.5. The van der Waals surface area contributed by atoms with E-state index in [9.17, 15) is 4.79 Å². The number of amides is 1. The summed E-state index contributed by atoms with van der Waals surface area (Å²) in [5, 5.41) is 10.2. The van der Waals surface area contributed by atoms with E-state index in [-0.39, 0.29) is 24.4 Å². The Morgan fingerprint density at radius 3 is 2.19 bits per heavy atom. The fourth-order valence-electron chi connectivity index (χ4n) is 4.05. The quantitative estimate of drug-likeness (QED) is 0.494. The summed E-state index contributed by atoms with van der Waals surface area (Å²) in [5.41, 5.74) is 5.26. The second-order valence-electron chi connectivity index (χ2n) is 7.95. The van der Waals surface area contributed by atoms with Gasteiger partial charge in [-0.25, -0.2) is 5.01 Å². The third-order valence-electron chi connectivity index (χ3n) is 5.70. The van der Waals surface area contributed by atoms with Crippen molar-refractivity contribution < 1.29 is 4.79 Å². The van der Waals surface area contributed by atoms with Gasteiger partial charge in [0.05, 0.1) is 16.8 Å². The minimum atomic E-state index is -0.163. The van der Waals surface area contributed by atoms with Crippen LogP contribution in [0.2, 0.25) is 15.1 Å². The van der Waals surface area contributed by atoms with Crippen LogP contribution in [0.4, 0.5) is 5.69 Å². The zero-order valence-electron chi connectivity index (χ0n) is 17.6. The molecule has 1 amide bonds. The van der Waals surface area contributed by atoms with E-state index >= 15 is 0 Å². The molecular formula is C23H26Cl4N4O. The Labute approximate surface area is 210 Å². The lowest BCUT2D eigenvalue weighted by Crippen LogP contribution is -2.46. The van der Waals surface area contributed by atoms with Crippen molar-refractivity contribution in [3.8, 4) is 0 Å². The molecule has 1 atom stereocenters. The number of anilines is 1. The molecule has 32 heavy (non-hydrogen) atoms. The van der Waals surface area contributed by atoms with E-state index in [1.165, 1.54) is 19.3 Å². The minimum absolute atomic E-state index is 0. The largest absolute Gasteiger partial charge is 0.284 e. The fourth-order valence-corrected chi connectivity index (χ4v) is 4.67. The van der Waals surface area contributed by atoms with Crippen LogP contribution in [0.3, 0.4) is 0 Å². The molecule has 0 bridgehead atoms. The maximum atomic E-state index is 13.1. The number of hydrogen-bond acceptors (Lipinski definition) is 4. The topological polar surface area (TPSA) is 47.9 Å². The summed E-state index contributed by atoms with van der Waals surface area (Å²) in [4.78, 5) is 13.1. The van der Waals surface area contributed by atoms with Gasteiger partial charge in [-0.15, -0.1) is 12.4 Å². The Morgan fingerprint density at radius 2 is 1.53 bits per heavy atom. The molecular weight excluding hydrogens is 490 g/mol. The summed E-state index contributed by atoms with van der Waals surface area (Å²) in [7, 11) is 0. The van der Waals surface area contributed by atoms with Gasteiger partial charge in [0, 0.05) is 29.6 Å².